The molecule has 4 aromatic heterocycles. The number of pyridine rings is 1. The largest absolute Gasteiger partial charge is 0.308 e. The van der Waals surface area contributed by atoms with E-state index >= 15 is 0 Å². The van der Waals surface area contributed by atoms with Crippen LogP contribution in [-0.4, -0.2) is 40.2 Å². The monoisotopic (exact) mass is 558 g/mol. The first-order valence-electron chi connectivity index (χ1n) is 11.5. The number of anilines is 1. The van der Waals surface area contributed by atoms with Gasteiger partial charge in [-0.3, -0.25) is 14.2 Å². The highest BCUT2D eigenvalue weighted by atomic mass is 35.5. The van der Waals surface area contributed by atoms with Crippen LogP contribution >= 0.6 is 23.2 Å². The van der Waals surface area contributed by atoms with Crippen molar-refractivity contribution in [3.8, 4) is 11.3 Å². The number of rotatable bonds is 7. The maximum absolute atomic E-state index is 14.0. The second-order valence-corrected chi connectivity index (χ2v) is 9.68. The quantitative estimate of drug-likeness (QED) is 0.281. The van der Waals surface area contributed by atoms with Gasteiger partial charge in [0.05, 0.1) is 39.6 Å². The molecule has 5 rings (SSSR count). The lowest BCUT2D eigenvalue weighted by Crippen LogP contribution is -2.20. The average molecular weight is 559 g/mol. The predicted molar refractivity (Wildman–Crippen MR) is 141 cm³/mol. The number of aromatic nitrogens is 7. The summed E-state index contributed by atoms with van der Waals surface area (Å²) < 4.78 is 32.6. The molecule has 0 unspecified atom stereocenters. The second kappa shape index (κ2) is 10.1. The summed E-state index contributed by atoms with van der Waals surface area (Å²) in [6, 6.07) is 8.39. The number of hydrogen-bond donors (Lipinski definition) is 1. The summed E-state index contributed by atoms with van der Waals surface area (Å²) in [5.74, 6) is -0.0845. The average Bonchev–Trinajstić information content (AvgIpc) is 3.53. The lowest BCUT2D eigenvalue weighted by Gasteiger charge is -2.08. The zero-order valence-corrected chi connectivity index (χ0v) is 22.1. The SMILES string of the molecule is Cc1nn(CC(=O)Nc2cc(C)n(Cc3ccc(Cl)c(Cl)c3)n2)c2nc(-c3cnn(C)c3)cc(C(F)F)c12. The van der Waals surface area contributed by atoms with Gasteiger partial charge in [-0.25, -0.2) is 18.4 Å². The van der Waals surface area contributed by atoms with Gasteiger partial charge in [-0.2, -0.15) is 15.3 Å². The molecule has 0 atom stereocenters. The van der Waals surface area contributed by atoms with Gasteiger partial charge in [0.2, 0.25) is 5.91 Å². The Morgan fingerprint density at radius 2 is 1.87 bits per heavy atom. The zero-order chi connectivity index (χ0) is 27.1. The smallest absolute Gasteiger partial charge is 0.264 e. The van der Waals surface area contributed by atoms with Crippen LogP contribution in [0, 0.1) is 13.8 Å². The normalized spacial score (nSPS) is 11.6. The number of carbonyl (C=O) groups excluding carboxylic acids is 1. The highest BCUT2D eigenvalue weighted by molar-refractivity contribution is 6.42. The summed E-state index contributed by atoms with van der Waals surface area (Å²) in [5, 5.41) is 16.8. The molecule has 0 radical (unpaired) electrons. The van der Waals surface area contributed by atoms with Gasteiger partial charge in [0, 0.05) is 36.1 Å². The highest BCUT2D eigenvalue weighted by Gasteiger charge is 2.22. The summed E-state index contributed by atoms with van der Waals surface area (Å²) in [6.07, 6.45) is 0.476. The molecule has 4 heterocycles. The molecule has 1 amide bonds. The molecule has 0 spiro atoms. The molecule has 0 aliphatic rings. The van der Waals surface area contributed by atoms with Crippen LogP contribution in [0.25, 0.3) is 22.3 Å². The van der Waals surface area contributed by atoms with Crippen molar-refractivity contribution in [2.75, 3.05) is 5.32 Å². The van der Waals surface area contributed by atoms with E-state index < -0.39 is 12.3 Å². The fourth-order valence-electron chi connectivity index (χ4n) is 4.23. The second-order valence-electron chi connectivity index (χ2n) is 8.87. The molecule has 0 aliphatic heterocycles. The van der Waals surface area contributed by atoms with Gasteiger partial charge in [0.1, 0.15) is 6.54 Å². The molecule has 38 heavy (non-hydrogen) atoms. The molecule has 0 fully saturated rings. The molecule has 0 saturated carbocycles. The van der Waals surface area contributed by atoms with Gasteiger partial charge >= 0.3 is 0 Å². The molecule has 13 heteroatoms. The number of carbonyl (C=O) groups is 1. The molecular weight excluding hydrogens is 537 g/mol. The predicted octanol–water partition coefficient (Wildman–Crippen LogP) is 5.58. The van der Waals surface area contributed by atoms with Gasteiger partial charge in [0.25, 0.3) is 6.43 Å². The van der Waals surface area contributed by atoms with Gasteiger partial charge in [0.15, 0.2) is 11.5 Å². The van der Waals surface area contributed by atoms with Crippen LogP contribution in [0.1, 0.15) is 28.9 Å². The van der Waals surface area contributed by atoms with E-state index in [0.29, 0.717) is 39.4 Å². The maximum Gasteiger partial charge on any atom is 0.264 e. The molecule has 1 aromatic carbocycles. The summed E-state index contributed by atoms with van der Waals surface area (Å²) in [4.78, 5) is 17.5. The lowest BCUT2D eigenvalue weighted by atomic mass is 10.1. The van der Waals surface area contributed by atoms with Crippen LogP contribution in [0.4, 0.5) is 14.6 Å². The number of alkyl halides is 2. The molecular formula is C25H22Cl2F2N8O. The highest BCUT2D eigenvalue weighted by Crippen LogP contribution is 2.33. The van der Waals surface area contributed by atoms with E-state index in [9.17, 15) is 13.6 Å². The number of hydrogen-bond acceptors (Lipinski definition) is 5. The van der Waals surface area contributed by atoms with Crippen LogP contribution in [-0.2, 0) is 24.9 Å². The number of benzene rings is 1. The Balaban J connectivity index is 1.40. The third-order valence-corrected chi connectivity index (χ3v) is 6.74. The van der Waals surface area contributed by atoms with E-state index in [1.54, 1.807) is 53.9 Å². The number of amides is 1. The van der Waals surface area contributed by atoms with Crippen molar-refractivity contribution in [3.63, 3.8) is 0 Å². The number of fused-ring (bicyclic) bond motifs is 1. The number of aryl methyl sites for hydroxylation is 3. The Morgan fingerprint density at radius 1 is 1.08 bits per heavy atom. The molecule has 1 N–H and O–H groups in total. The van der Waals surface area contributed by atoms with E-state index in [1.165, 1.54) is 10.7 Å². The van der Waals surface area contributed by atoms with Crippen molar-refractivity contribution in [3.05, 3.63) is 75.3 Å². The Labute approximate surface area is 226 Å². The third-order valence-electron chi connectivity index (χ3n) is 6.00. The Morgan fingerprint density at radius 3 is 2.55 bits per heavy atom. The van der Waals surface area contributed by atoms with Crippen molar-refractivity contribution < 1.29 is 13.6 Å². The molecule has 0 aliphatic carbocycles. The van der Waals surface area contributed by atoms with Crippen LogP contribution in [0.3, 0.4) is 0 Å². The van der Waals surface area contributed by atoms with Crippen molar-refractivity contribution in [2.45, 2.75) is 33.4 Å². The van der Waals surface area contributed by atoms with Crippen LogP contribution in [0.5, 0.6) is 0 Å². The van der Waals surface area contributed by atoms with Gasteiger partial charge in [-0.1, -0.05) is 29.3 Å². The minimum atomic E-state index is -2.75. The van der Waals surface area contributed by atoms with Crippen molar-refractivity contribution in [1.29, 1.82) is 0 Å². The Kier molecular flexibility index (Phi) is 6.89. The standard InChI is InChI=1S/C25H22Cl2F2N8O/c1-13-6-21(34-36(13)10-15-4-5-18(26)19(27)7-15)32-22(38)12-37-25-23(14(2)33-37)17(24(28)29)8-20(31-25)16-9-30-35(3)11-16/h4-9,11,24H,10,12H2,1-3H3,(H,32,34,38). The van der Waals surface area contributed by atoms with Gasteiger partial charge in [-0.05, 0) is 37.6 Å². The lowest BCUT2D eigenvalue weighted by molar-refractivity contribution is -0.116. The summed E-state index contributed by atoms with van der Waals surface area (Å²) in [7, 11) is 1.72. The molecule has 0 saturated heterocycles. The Bertz CT molecular complexity index is 1670. The number of nitrogens with zero attached hydrogens (tertiary/aromatic N) is 7. The zero-order valence-electron chi connectivity index (χ0n) is 20.6. The summed E-state index contributed by atoms with van der Waals surface area (Å²) >= 11 is 12.1. The van der Waals surface area contributed by atoms with E-state index in [-0.39, 0.29) is 23.1 Å². The topological polar surface area (TPSA) is 95.5 Å². The summed E-state index contributed by atoms with van der Waals surface area (Å²) in [5.41, 5.74) is 2.96. The molecule has 9 nitrogen and oxygen atoms in total. The molecule has 5 aromatic rings. The van der Waals surface area contributed by atoms with Crippen LogP contribution in [0.2, 0.25) is 10.0 Å². The molecule has 0 bridgehead atoms. The fourth-order valence-corrected chi connectivity index (χ4v) is 4.55. The van der Waals surface area contributed by atoms with Gasteiger partial charge < -0.3 is 5.32 Å². The fraction of sp³-hybridized carbons (Fsp3) is 0.240. The van der Waals surface area contributed by atoms with E-state index in [0.717, 1.165) is 11.3 Å². The first kappa shape index (κ1) is 25.8. The van der Waals surface area contributed by atoms with E-state index in [4.69, 9.17) is 23.2 Å². The maximum atomic E-state index is 14.0. The number of halogens is 4. The summed E-state index contributed by atoms with van der Waals surface area (Å²) in [6.45, 7) is 3.66. The van der Waals surface area contributed by atoms with Crippen LogP contribution < -0.4 is 5.32 Å². The Hall–Kier alpha value is -3.83. The van der Waals surface area contributed by atoms with Gasteiger partial charge in [-0.15, -0.1) is 0 Å². The van der Waals surface area contributed by atoms with E-state index in [1.807, 2.05) is 13.0 Å². The first-order chi connectivity index (χ1) is 18.1. The number of nitrogens with one attached hydrogen (secondary N) is 1. The third kappa shape index (κ3) is 5.11. The minimum absolute atomic E-state index is 0.190. The van der Waals surface area contributed by atoms with Crippen molar-refractivity contribution >= 4 is 46.0 Å². The molecule has 196 valence electrons. The van der Waals surface area contributed by atoms with Crippen molar-refractivity contribution in [1.82, 2.24) is 34.3 Å². The van der Waals surface area contributed by atoms with Crippen molar-refractivity contribution in [2.24, 2.45) is 7.05 Å². The first-order valence-corrected chi connectivity index (χ1v) is 12.3. The van der Waals surface area contributed by atoms with E-state index in [2.05, 4.69) is 25.6 Å². The van der Waals surface area contributed by atoms with Crippen LogP contribution in [0.15, 0.2) is 42.7 Å². The minimum Gasteiger partial charge on any atom is -0.308 e.